The maximum atomic E-state index is 4.13. The summed E-state index contributed by atoms with van der Waals surface area (Å²) in [6, 6.07) is 0. The van der Waals surface area contributed by atoms with Crippen molar-refractivity contribution in [1.29, 1.82) is 0 Å². The zero-order valence-corrected chi connectivity index (χ0v) is 11.8. The van der Waals surface area contributed by atoms with Crippen LogP contribution < -0.4 is 0 Å². The fourth-order valence-corrected chi connectivity index (χ4v) is 2.35. The van der Waals surface area contributed by atoms with Crippen molar-refractivity contribution in [3.63, 3.8) is 0 Å². The quantitative estimate of drug-likeness (QED) is 0.786. The topological polar surface area (TPSA) is 25.8 Å². The molecule has 2 rings (SSSR count). The van der Waals surface area contributed by atoms with Crippen LogP contribution in [-0.2, 0) is 0 Å². The van der Waals surface area contributed by atoms with Gasteiger partial charge in [0, 0.05) is 35.0 Å². The molecule has 4 heteroatoms. The van der Waals surface area contributed by atoms with Crippen molar-refractivity contribution in [2.75, 3.05) is 0 Å². The first kappa shape index (κ1) is 13.3. The Balaban J connectivity index is 0.000000160. The molecular formula is C12H18N2S2. The van der Waals surface area contributed by atoms with E-state index in [1.165, 1.54) is 10.0 Å². The summed E-state index contributed by atoms with van der Waals surface area (Å²) in [6.07, 6.45) is 3.69. The molecule has 0 aliphatic heterocycles. The molecule has 2 aromatic heterocycles. The molecule has 0 N–H and O–H groups in total. The maximum Gasteiger partial charge on any atom is 0.0950 e. The summed E-state index contributed by atoms with van der Waals surface area (Å²) in [6.45, 7) is 8.61. The van der Waals surface area contributed by atoms with Gasteiger partial charge in [-0.1, -0.05) is 27.7 Å². The van der Waals surface area contributed by atoms with E-state index in [0.29, 0.717) is 11.8 Å². The Labute approximate surface area is 105 Å². The van der Waals surface area contributed by atoms with Gasteiger partial charge in [0.1, 0.15) is 0 Å². The fraction of sp³-hybridized carbons (Fsp3) is 0.500. The Hall–Kier alpha value is -0.740. The Bertz CT molecular complexity index is 325. The van der Waals surface area contributed by atoms with Crippen LogP contribution in [0.2, 0.25) is 0 Å². The number of thiazole rings is 2. The van der Waals surface area contributed by atoms with E-state index in [9.17, 15) is 0 Å². The molecule has 0 aromatic carbocycles. The molecule has 0 amide bonds. The van der Waals surface area contributed by atoms with Crippen molar-refractivity contribution in [1.82, 2.24) is 9.97 Å². The molecule has 0 atom stereocenters. The van der Waals surface area contributed by atoms with Crippen molar-refractivity contribution < 1.29 is 0 Å². The molecule has 2 heterocycles. The minimum absolute atomic E-state index is 0.593. The van der Waals surface area contributed by atoms with Gasteiger partial charge in [-0.3, -0.25) is 0 Å². The van der Waals surface area contributed by atoms with Crippen LogP contribution in [0.5, 0.6) is 0 Å². The monoisotopic (exact) mass is 254 g/mol. The summed E-state index contributed by atoms with van der Waals surface area (Å²) in [4.78, 5) is 8.27. The van der Waals surface area contributed by atoms with Crippen molar-refractivity contribution >= 4 is 22.7 Å². The molecular weight excluding hydrogens is 236 g/mol. The number of hydrogen-bond donors (Lipinski definition) is 0. The summed E-state index contributed by atoms with van der Waals surface area (Å²) < 4.78 is 0. The van der Waals surface area contributed by atoms with Gasteiger partial charge in [-0.2, -0.15) is 0 Å². The SMILES string of the molecule is CC(C)c1nccs1.CC(C)c1nccs1. The lowest BCUT2D eigenvalue weighted by atomic mass is 10.2. The Morgan fingerprint density at radius 2 is 1.19 bits per heavy atom. The van der Waals surface area contributed by atoms with Gasteiger partial charge >= 0.3 is 0 Å². The largest absolute Gasteiger partial charge is 0.249 e. The van der Waals surface area contributed by atoms with Gasteiger partial charge in [0.15, 0.2) is 0 Å². The highest BCUT2D eigenvalue weighted by molar-refractivity contribution is 7.09. The second-order valence-electron chi connectivity index (χ2n) is 4.05. The van der Waals surface area contributed by atoms with E-state index in [4.69, 9.17) is 0 Å². The average Bonchev–Trinajstić information content (AvgIpc) is 2.93. The van der Waals surface area contributed by atoms with Crippen LogP contribution in [0.3, 0.4) is 0 Å². The third-order valence-corrected chi connectivity index (χ3v) is 4.04. The van der Waals surface area contributed by atoms with Gasteiger partial charge in [0.25, 0.3) is 0 Å². The highest BCUT2D eigenvalue weighted by Crippen LogP contribution is 2.15. The normalized spacial score (nSPS) is 10.4. The van der Waals surface area contributed by atoms with Crippen LogP contribution in [0.25, 0.3) is 0 Å². The Morgan fingerprint density at radius 3 is 1.31 bits per heavy atom. The van der Waals surface area contributed by atoms with E-state index in [0.717, 1.165) is 0 Å². The molecule has 2 aromatic rings. The minimum Gasteiger partial charge on any atom is -0.249 e. The van der Waals surface area contributed by atoms with Gasteiger partial charge in [0.05, 0.1) is 10.0 Å². The minimum atomic E-state index is 0.593. The molecule has 0 unspecified atom stereocenters. The van der Waals surface area contributed by atoms with Gasteiger partial charge in [-0.15, -0.1) is 22.7 Å². The molecule has 0 saturated carbocycles. The first-order chi connectivity index (χ1) is 7.61. The summed E-state index contributed by atoms with van der Waals surface area (Å²) in [7, 11) is 0. The molecule has 88 valence electrons. The number of rotatable bonds is 2. The summed E-state index contributed by atoms with van der Waals surface area (Å²) in [5, 5.41) is 6.47. The summed E-state index contributed by atoms with van der Waals surface area (Å²) in [5.41, 5.74) is 0. The van der Waals surface area contributed by atoms with E-state index in [1.807, 2.05) is 23.2 Å². The Morgan fingerprint density at radius 1 is 0.812 bits per heavy atom. The summed E-state index contributed by atoms with van der Waals surface area (Å²) >= 11 is 3.44. The van der Waals surface area contributed by atoms with Gasteiger partial charge in [-0.25, -0.2) is 9.97 Å². The number of hydrogen-bond acceptors (Lipinski definition) is 4. The third-order valence-electron chi connectivity index (χ3n) is 1.89. The first-order valence-electron chi connectivity index (χ1n) is 5.40. The lowest BCUT2D eigenvalue weighted by Crippen LogP contribution is -1.81. The van der Waals surface area contributed by atoms with Gasteiger partial charge < -0.3 is 0 Å². The molecule has 0 bridgehead atoms. The van der Waals surface area contributed by atoms with Crippen LogP contribution in [0.1, 0.15) is 49.5 Å². The van der Waals surface area contributed by atoms with Crippen LogP contribution in [0.15, 0.2) is 23.2 Å². The van der Waals surface area contributed by atoms with E-state index in [2.05, 4.69) is 37.7 Å². The first-order valence-corrected chi connectivity index (χ1v) is 7.16. The predicted octanol–water partition coefficient (Wildman–Crippen LogP) is 4.53. The fourth-order valence-electron chi connectivity index (χ4n) is 1.04. The molecule has 0 radical (unpaired) electrons. The van der Waals surface area contributed by atoms with E-state index in [-0.39, 0.29) is 0 Å². The summed E-state index contributed by atoms with van der Waals surface area (Å²) in [5.74, 6) is 1.19. The van der Waals surface area contributed by atoms with Crippen molar-refractivity contribution in [2.45, 2.75) is 39.5 Å². The maximum absolute atomic E-state index is 4.13. The highest BCUT2D eigenvalue weighted by atomic mass is 32.1. The molecule has 0 spiro atoms. The van der Waals surface area contributed by atoms with Crippen molar-refractivity contribution in [3.8, 4) is 0 Å². The number of nitrogens with zero attached hydrogens (tertiary/aromatic N) is 2. The van der Waals surface area contributed by atoms with E-state index >= 15 is 0 Å². The molecule has 2 nitrogen and oxygen atoms in total. The second kappa shape index (κ2) is 6.76. The smallest absolute Gasteiger partial charge is 0.0950 e. The van der Waals surface area contributed by atoms with Crippen LogP contribution >= 0.6 is 22.7 Å². The molecule has 0 aliphatic rings. The third kappa shape index (κ3) is 4.41. The zero-order valence-electron chi connectivity index (χ0n) is 10.2. The number of aromatic nitrogens is 2. The molecule has 0 saturated heterocycles. The highest BCUT2D eigenvalue weighted by Gasteiger charge is 1.98. The van der Waals surface area contributed by atoms with Crippen LogP contribution in [0.4, 0.5) is 0 Å². The van der Waals surface area contributed by atoms with Gasteiger partial charge in [-0.05, 0) is 0 Å². The standard InChI is InChI=1S/2C6H9NS/c2*1-5(2)6-7-3-4-8-6/h2*3-5H,1-2H3. The lowest BCUT2D eigenvalue weighted by molar-refractivity contribution is 0.852. The van der Waals surface area contributed by atoms with E-state index in [1.54, 1.807) is 22.7 Å². The van der Waals surface area contributed by atoms with E-state index < -0.39 is 0 Å². The second-order valence-corrected chi connectivity index (χ2v) is 5.90. The average molecular weight is 254 g/mol. The molecule has 0 aliphatic carbocycles. The lowest BCUT2D eigenvalue weighted by Gasteiger charge is -1.93. The zero-order chi connectivity index (χ0) is 12.0. The van der Waals surface area contributed by atoms with Crippen molar-refractivity contribution in [2.24, 2.45) is 0 Å². The van der Waals surface area contributed by atoms with Crippen molar-refractivity contribution in [3.05, 3.63) is 33.2 Å². The van der Waals surface area contributed by atoms with Crippen LogP contribution in [-0.4, -0.2) is 9.97 Å². The van der Waals surface area contributed by atoms with Gasteiger partial charge in [0.2, 0.25) is 0 Å². The Kier molecular flexibility index (Phi) is 5.63. The van der Waals surface area contributed by atoms with Crippen LogP contribution in [0, 0.1) is 0 Å². The predicted molar refractivity (Wildman–Crippen MR) is 72.4 cm³/mol. The molecule has 16 heavy (non-hydrogen) atoms. The molecule has 0 fully saturated rings.